The molecule has 0 spiro atoms. The number of aromatic nitrogens is 9. The lowest BCUT2D eigenvalue weighted by molar-refractivity contribution is 0.0955. The van der Waals surface area contributed by atoms with Gasteiger partial charge in [0.05, 0.1) is 41.8 Å². The fraction of sp³-hybridized carbons (Fsp3) is 0.287. The van der Waals surface area contributed by atoms with Crippen LogP contribution in [-0.4, -0.2) is 121 Å². The van der Waals surface area contributed by atoms with Gasteiger partial charge in [0.2, 0.25) is 35.5 Å². The fourth-order valence-electron chi connectivity index (χ4n) is 13.4. The van der Waals surface area contributed by atoms with Crippen LogP contribution in [0.3, 0.4) is 0 Å². The molecule has 3 aliphatic carbocycles. The minimum Gasteiger partial charge on any atom is -0.508 e. The van der Waals surface area contributed by atoms with Crippen LogP contribution in [-0.2, 0) is 0 Å². The van der Waals surface area contributed by atoms with E-state index in [1.165, 1.54) is 19.2 Å². The maximum absolute atomic E-state index is 13.5. The number of hydrogen-bond donors (Lipinski definition) is 10. The summed E-state index contributed by atoms with van der Waals surface area (Å²) < 4.78 is 43.7. The van der Waals surface area contributed by atoms with Gasteiger partial charge >= 0.3 is 0 Å². The van der Waals surface area contributed by atoms with Crippen LogP contribution in [0, 0.1) is 5.82 Å². The lowest BCUT2D eigenvalue weighted by atomic mass is 9.98. The topological polar surface area (TPSA) is 314 Å². The number of methoxy groups -OCH3 is 2. The van der Waals surface area contributed by atoms with Gasteiger partial charge in [-0.2, -0.15) is 29.9 Å². The number of phenolic OH excluding ortho intramolecular Hbond substituents is 1. The van der Waals surface area contributed by atoms with E-state index < -0.39 is 0 Å². The Balaban J connectivity index is 0.000000140. The second-order valence-electron chi connectivity index (χ2n) is 26.2. The first-order valence-corrected chi connectivity index (χ1v) is 35.4. The lowest BCUT2D eigenvalue weighted by Gasteiger charge is -2.17. The molecule has 15 rings (SSSR count). The van der Waals surface area contributed by atoms with E-state index in [9.17, 15) is 23.9 Å². The summed E-state index contributed by atoms with van der Waals surface area (Å²) in [5.41, 5.74) is 12.2. The Morgan fingerprint density at radius 2 is 0.790 bits per heavy atom. The number of carbonyl (C=O) groups is 3. The zero-order chi connectivity index (χ0) is 73.1. The molecule has 6 aromatic heterocycles. The zero-order valence-electron chi connectivity index (χ0n) is 59.5. The van der Waals surface area contributed by atoms with E-state index in [2.05, 4.69) is 77.8 Å². The van der Waals surface area contributed by atoms with Crippen molar-refractivity contribution in [2.24, 2.45) is 0 Å². The number of phenols is 1. The molecule has 0 saturated heterocycles. The van der Waals surface area contributed by atoms with Crippen molar-refractivity contribution >= 4 is 85.7 Å². The highest BCUT2D eigenvalue weighted by Gasteiger charge is 2.28. The quantitative estimate of drug-likeness (QED) is 0.0320. The van der Waals surface area contributed by atoms with Crippen LogP contribution in [0.1, 0.15) is 133 Å². The highest BCUT2D eigenvalue weighted by Crippen LogP contribution is 2.42. The van der Waals surface area contributed by atoms with Gasteiger partial charge in [0.15, 0.2) is 0 Å². The Labute approximate surface area is 606 Å². The largest absolute Gasteiger partial charge is 0.508 e. The van der Waals surface area contributed by atoms with Gasteiger partial charge in [-0.25, -0.2) is 4.39 Å². The maximum atomic E-state index is 13.5. The fourth-order valence-corrected chi connectivity index (χ4v) is 13.4. The van der Waals surface area contributed by atoms with E-state index in [4.69, 9.17) is 48.6 Å². The molecule has 12 aromatic rings. The zero-order valence-corrected chi connectivity index (χ0v) is 59.5. The normalized spacial score (nSPS) is 13.8. The van der Waals surface area contributed by atoms with E-state index in [-0.39, 0.29) is 53.5 Å². The smallest absolute Gasteiger partial charge is 0.251 e. The van der Waals surface area contributed by atoms with Gasteiger partial charge in [0.25, 0.3) is 17.7 Å². The molecule has 0 unspecified atom stereocenters. The number of aromatic hydroxyl groups is 1. The average molecular weight is 1420 g/mol. The van der Waals surface area contributed by atoms with Crippen molar-refractivity contribution in [1.29, 1.82) is 0 Å². The van der Waals surface area contributed by atoms with Crippen LogP contribution in [0.25, 0.3) is 66.5 Å². The van der Waals surface area contributed by atoms with E-state index in [1.54, 1.807) is 95.0 Å². The number of hydrogen-bond acceptors (Lipinski definition) is 18. The lowest BCUT2D eigenvalue weighted by Crippen LogP contribution is -2.18. The number of nitrogens with one attached hydrogen (secondary N) is 9. The molecule has 3 aliphatic rings. The SMILES string of the molecule is CNC(=O)c1ccc(Nc2nc(OC3CCCC3)c3c(-c4ccc(F)cc4)c[nH]c3n2)c(OC)c1.CNC(=O)c1ccc(Nc2nc(OC3CCCC3)c3c(-c4ccc(O)cc4)c[nH]c3n2)c(C(C)C)c1.CNC(=O)c1ccc(Nc2nc(OC3CCCC3)c3c(-c4ccccc4)c[nH]c3n2)c(OC)c1. The summed E-state index contributed by atoms with van der Waals surface area (Å²) in [5.74, 6) is 3.25. The Bertz CT molecular complexity index is 5070. The van der Waals surface area contributed by atoms with Crippen molar-refractivity contribution in [1.82, 2.24) is 60.8 Å². The third-order valence-electron chi connectivity index (χ3n) is 18.9. The van der Waals surface area contributed by atoms with E-state index in [0.717, 1.165) is 138 Å². The number of benzene rings is 6. The summed E-state index contributed by atoms with van der Waals surface area (Å²) in [6, 6.07) is 39.4. The molecule has 0 radical (unpaired) electrons. The summed E-state index contributed by atoms with van der Waals surface area (Å²) >= 11 is 0. The molecule has 3 saturated carbocycles. The third-order valence-corrected chi connectivity index (χ3v) is 18.9. The standard InChI is InChI=1S/C28H31N5O3.C26H26FN5O3.C26H27N5O3/c1-16(2)21-14-18(26(35)29-3)10-13-23(21)31-28-32-25-24(27(33-28)36-20-6-4-5-7-20)22(15-30-25)17-8-11-19(34)12-9-17;1-28-24(33)16-9-12-20(21(13-16)34-2)30-26-31-23-22(25(32-26)35-18-5-3-4-6-18)19(14-29-23)15-7-10-17(27)11-8-15;1-27-24(32)17-12-13-20(21(14-17)33-2)29-26-30-23-22(25(31-26)34-18-10-6-7-11-18)19(15-28-23)16-8-4-3-5-9-16/h8-16,20,34H,4-7H2,1-3H3,(H,29,35)(H2,30,31,32,33);7-14,18H,3-6H2,1-2H3,(H,28,33)(H2,29,30,31,32);3-5,8-9,12-15,18H,6-7,10-11H2,1-2H3,(H,27,32)(H2,28,29,30,31). The van der Waals surface area contributed by atoms with Crippen LogP contribution in [0.5, 0.6) is 34.9 Å². The van der Waals surface area contributed by atoms with Gasteiger partial charge in [0.1, 0.15) is 58.3 Å². The average Bonchev–Trinajstić information content (AvgIpc) is 1.67. The number of ether oxygens (including phenoxy) is 5. The summed E-state index contributed by atoms with van der Waals surface area (Å²) in [4.78, 5) is 74.3. The highest BCUT2D eigenvalue weighted by atomic mass is 19.1. The van der Waals surface area contributed by atoms with Crippen molar-refractivity contribution in [3.8, 4) is 68.3 Å². The molecule has 0 bridgehead atoms. The van der Waals surface area contributed by atoms with Gasteiger partial charge in [0, 0.05) is 78.8 Å². The summed E-state index contributed by atoms with van der Waals surface area (Å²) in [7, 11) is 7.89. The number of aromatic amines is 3. The first-order chi connectivity index (χ1) is 51.1. The Morgan fingerprint density at radius 3 is 1.15 bits per heavy atom. The monoisotopic (exact) mass is 1420 g/mol. The van der Waals surface area contributed by atoms with Crippen molar-refractivity contribution in [3.05, 3.63) is 180 Å². The molecule has 6 aromatic carbocycles. The number of anilines is 6. The molecular weight excluding hydrogens is 1330 g/mol. The van der Waals surface area contributed by atoms with Crippen LogP contribution < -0.4 is 55.6 Å². The second kappa shape index (κ2) is 32.4. The number of amides is 3. The Hall–Kier alpha value is -12.3. The minimum atomic E-state index is -0.296. The third kappa shape index (κ3) is 16.3. The summed E-state index contributed by atoms with van der Waals surface area (Å²) in [5, 5.41) is 29.8. The number of nitrogens with zero attached hydrogens (tertiary/aromatic N) is 6. The molecule has 10 N–H and O–H groups in total. The van der Waals surface area contributed by atoms with E-state index >= 15 is 0 Å². The van der Waals surface area contributed by atoms with Crippen molar-refractivity contribution in [3.63, 3.8) is 0 Å². The number of H-pyrrole nitrogens is 3. The molecule has 540 valence electrons. The van der Waals surface area contributed by atoms with Gasteiger partial charge in [-0.15, -0.1) is 0 Å². The first kappa shape index (κ1) is 71.1. The molecular formula is C80H84FN15O9. The minimum absolute atomic E-state index is 0.0818. The molecule has 25 heteroatoms. The molecule has 6 heterocycles. The predicted octanol–water partition coefficient (Wildman–Crippen LogP) is 16.1. The maximum Gasteiger partial charge on any atom is 0.251 e. The Morgan fingerprint density at radius 1 is 0.448 bits per heavy atom. The van der Waals surface area contributed by atoms with Crippen LogP contribution >= 0.6 is 0 Å². The van der Waals surface area contributed by atoms with E-state index in [1.807, 2.05) is 61.1 Å². The van der Waals surface area contributed by atoms with Gasteiger partial charge < -0.3 is 75.6 Å². The molecule has 105 heavy (non-hydrogen) atoms. The van der Waals surface area contributed by atoms with Crippen LogP contribution in [0.15, 0.2) is 152 Å². The first-order valence-electron chi connectivity index (χ1n) is 35.4. The molecule has 24 nitrogen and oxygen atoms in total. The van der Waals surface area contributed by atoms with Crippen molar-refractivity contribution < 1.29 is 47.6 Å². The number of carbonyl (C=O) groups excluding carboxylic acids is 3. The second-order valence-corrected chi connectivity index (χ2v) is 26.2. The molecule has 3 amide bonds. The number of fused-ring (bicyclic) bond motifs is 3. The molecule has 3 fully saturated rings. The van der Waals surface area contributed by atoms with Crippen LogP contribution in [0.4, 0.5) is 39.3 Å². The molecule has 0 atom stereocenters. The van der Waals surface area contributed by atoms with Gasteiger partial charge in [-0.05, 0) is 184 Å². The number of halogens is 1. The summed E-state index contributed by atoms with van der Waals surface area (Å²) in [6.45, 7) is 4.17. The molecule has 0 aliphatic heterocycles. The van der Waals surface area contributed by atoms with Crippen molar-refractivity contribution in [2.45, 2.75) is 115 Å². The Kier molecular flexibility index (Phi) is 21.9. The van der Waals surface area contributed by atoms with Gasteiger partial charge in [-0.1, -0.05) is 68.4 Å². The highest BCUT2D eigenvalue weighted by molar-refractivity contribution is 6.01. The van der Waals surface area contributed by atoms with Crippen LogP contribution in [0.2, 0.25) is 0 Å². The summed E-state index contributed by atoms with van der Waals surface area (Å²) in [6.07, 6.45) is 18.9. The van der Waals surface area contributed by atoms with Crippen molar-refractivity contribution in [2.75, 3.05) is 51.3 Å². The van der Waals surface area contributed by atoms with Gasteiger partial charge in [-0.3, -0.25) is 14.4 Å². The van der Waals surface area contributed by atoms with E-state index in [0.29, 0.717) is 92.0 Å². The number of rotatable bonds is 21. The predicted molar refractivity (Wildman–Crippen MR) is 405 cm³/mol.